The summed E-state index contributed by atoms with van der Waals surface area (Å²) < 4.78 is 1.20. The molecule has 10 fully saturated rings. The molecule has 10 saturated heterocycles. The van der Waals surface area contributed by atoms with Gasteiger partial charge in [-0.25, -0.2) is 0 Å². The van der Waals surface area contributed by atoms with Crippen LogP contribution in [-0.2, 0) is 11.3 Å². The zero-order valence-electron chi connectivity index (χ0n) is 8.26. The molecule has 10 heterocycles. The summed E-state index contributed by atoms with van der Waals surface area (Å²) in [7, 11) is 0. The van der Waals surface area contributed by atoms with Crippen LogP contribution in [0.5, 0.6) is 0 Å². The van der Waals surface area contributed by atoms with Crippen molar-refractivity contribution in [2.75, 3.05) is 0 Å². The molecule has 10 aliphatic heterocycles. The molecule has 0 N–H and O–H groups in total. The van der Waals surface area contributed by atoms with Gasteiger partial charge in [0.1, 0.15) is 0 Å². The Morgan fingerprint density at radius 2 is 1.67 bits per heavy atom. The molecule has 0 aliphatic carbocycles. The molecule has 10 aliphatic rings. The van der Waals surface area contributed by atoms with E-state index in [1.165, 1.54) is 28.9 Å². The SMILES string of the molecule is CC(=O)[C]12[CH]3[CH]4[C]5(Br)[CH]1[Fe]43521678[CH]2[CH]1[CH]6[CH]7[CH]28. The Morgan fingerprint density at radius 3 is 1.73 bits per heavy atom. The van der Waals surface area contributed by atoms with Gasteiger partial charge in [0.25, 0.3) is 0 Å². The van der Waals surface area contributed by atoms with E-state index in [2.05, 4.69) is 15.9 Å². The van der Waals surface area contributed by atoms with Gasteiger partial charge in [0.05, 0.1) is 0 Å². The number of alkyl halides is 1. The summed E-state index contributed by atoms with van der Waals surface area (Å²) in [6.07, 6.45) is 0. The molecule has 1 nitrogen and oxygen atoms in total. The third-order valence-corrected chi connectivity index (χ3v) is 65.0. The van der Waals surface area contributed by atoms with Gasteiger partial charge in [-0.1, -0.05) is 0 Å². The first-order valence-electron chi connectivity index (χ1n) is 6.28. The second-order valence-corrected chi connectivity index (χ2v) is 35.4. The maximum absolute atomic E-state index is 12.4. The Morgan fingerprint density at radius 1 is 1.13 bits per heavy atom. The van der Waals surface area contributed by atoms with Crippen LogP contribution in [0.1, 0.15) is 6.92 Å². The van der Waals surface area contributed by atoms with Gasteiger partial charge >= 0.3 is 86.0 Å². The molecule has 5 unspecified atom stereocenters. The fraction of sp³-hybridized carbons (Fsp3) is 0.917. The molecule has 0 amide bonds. The minimum atomic E-state index is -3.19. The van der Waals surface area contributed by atoms with Gasteiger partial charge < -0.3 is 0 Å². The van der Waals surface area contributed by atoms with E-state index in [1.807, 2.05) is 6.92 Å². The normalized spacial score (nSPS) is 138. The van der Waals surface area contributed by atoms with Crippen molar-refractivity contribution in [2.24, 2.45) is 0 Å². The van der Waals surface area contributed by atoms with Crippen molar-refractivity contribution in [1.82, 2.24) is 0 Å². The molecule has 15 heavy (non-hydrogen) atoms. The van der Waals surface area contributed by atoms with Crippen LogP contribution in [0.15, 0.2) is 0 Å². The van der Waals surface area contributed by atoms with Gasteiger partial charge in [-0.2, -0.15) is 0 Å². The number of hydrogen-bond donors (Lipinski definition) is 0. The van der Waals surface area contributed by atoms with Crippen LogP contribution in [-0.4, -0.2) is 9.01 Å². The Balaban J connectivity index is 1.93. The Kier molecular flexibility index (Phi) is 0.141. The van der Waals surface area contributed by atoms with Crippen LogP contribution in [0.3, 0.4) is 0 Å². The summed E-state index contributed by atoms with van der Waals surface area (Å²) in [4.78, 5) is 21.9. The van der Waals surface area contributed by atoms with Gasteiger partial charge in [0.15, 0.2) is 0 Å². The van der Waals surface area contributed by atoms with Crippen molar-refractivity contribution >= 4 is 21.7 Å². The summed E-state index contributed by atoms with van der Waals surface area (Å²) in [6.45, 7) is -1.22. The molecule has 3 heteroatoms. The van der Waals surface area contributed by atoms with E-state index in [0.29, 0.717) is 10.1 Å². The van der Waals surface area contributed by atoms with Crippen LogP contribution >= 0.6 is 15.9 Å². The van der Waals surface area contributed by atoms with E-state index in [4.69, 9.17) is 0 Å². The van der Waals surface area contributed by atoms with Crippen molar-refractivity contribution in [3.63, 3.8) is 0 Å². The van der Waals surface area contributed by atoms with E-state index in [0.717, 1.165) is 12.9 Å². The van der Waals surface area contributed by atoms with Crippen molar-refractivity contribution < 1.29 is 11.3 Å². The standard InChI is InChI=1S/C7H6BrO.C5H5.Fe/c1-5(9)6-2-3-7(8)4-6;1-2-4-5-3-1;/h2-4H,1H3;1-5H;. The van der Waals surface area contributed by atoms with Gasteiger partial charge in [-0.05, 0) is 0 Å². The van der Waals surface area contributed by atoms with E-state index in [-0.39, 0.29) is 0 Å². The van der Waals surface area contributed by atoms with E-state index >= 15 is 0 Å². The van der Waals surface area contributed by atoms with Crippen molar-refractivity contribution in [2.45, 2.75) is 53.0 Å². The molecule has 0 saturated carbocycles. The second kappa shape index (κ2) is 0.382. The summed E-state index contributed by atoms with van der Waals surface area (Å²) >= 11 is 4.28. The predicted octanol–water partition coefficient (Wildman–Crippen LogP) is 3.64. The Hall–Kier alpha value is 0.669. The molecule has 0 radical (unpaired) electrons. The molecular weight excluding hydrogens is 296 g/mol. The van der Waals surface area contributed by atoms with Crippen LogP contribution in [0, 0.1) is 0 Å². The van der Waals surface area contributed by atoms with E-state index < -0.39 is 6.51 Å². The second-order valence-electron chi connectivity index (χ2n) is 10.2. The number of rotatable bonds is 1. The summed E-state index contributed by atoms with van der Waals surface area (Å²) in [6, 6.07) is 0. The molecule has 1 spiro atoms. The van der Waals surface area contributed by atoms with Crippen LogP contribution in [0.2, 0.25) is 42.8 Å². The van der Waals surface area contributed by atoms with Crippen molar-refractivity contribution in [1.29, 1.82) is 0 Å². The monoisotopic (exact) mass is 306 g/mol. The Bertz CT molecular complexity index is 997. The van der Waals surface area contributed by atoms with Gasteiger partial charge in [0, 0.05) is 0 Å². The fourth-order valence-electron chi connectivity index (χ4n) is 17.2. The van der Waals surface area contributed by atoms with E-state index in [9.17, 15) is 4.79 Å². The predicted molar refractivity (Wildman–Crippen MR) is 55.0 cm³/mol. The number of ketones is 1. The summed E-state index contributed by atoms with van der Waals surface area (Å²) in [5.41, 5.74) is 0. The molecule has 10 rings (SSSR count). The molecule has 5 atom stereocenters. The number of Topliss-reactive ketones (excluding diaryl/α,β-unsaturated/α-hetero) is 1. The molecule has 80 valence electrons. The number of halogens is 1. The minimum absolute atomic E-state index is 0.470. The van der Waals surface area contributed by atoms with Gasteiger partial charge in [0.2, 0.25) is 0 Å². The maximum atomic E-state index is 12.4. The summed E-state index contributed by atoms with van der Waals surface area (Å²) in [5, 5.41) is 0. The number of hydrogen-bond acceptors (Lipinski definition) is 1. The number of fused-ring (bicyclic) bond motifs is 10. The van der Waals surface area contributed by atoms with Crippen LogP contribution < -0.4 is 0 Å². The summed E-state index contributed by atoms with van der Waals surface area (Å²) in [5.74, 6) is 0.688. The topological polar surface area (TPSA) is 17.1 Å². The third-order valence-electron chi connectivity index (χ3n) is 15.2. The third kappa shape index (κ3) is 0.0435. The van der Waals surface area contributed by atoms with Crippen molar-refractivity contribution in [3.8, 4) is 0 Å². The zero-order chi connectivity index (χ0) is 9.51. The van der Waals surface area contributed by atoms with E-state index in [1.54, 1.807) is 0 Å². The first-order chi connectivity index (χ1) is 6.87. The van der Waals surface area contributed by atoms with Gasteiger partial charge in [-0.15, -0.1) is 0 Å². The molecule has 0 aromatic carbocycles. The first-order valence-corrected chi connectivity index (χ1v) is 13.3. The van der Waals surface area contributed by atoms with Crippen molar-refractivity contribution in [3.05, 3.63) is 0 Å². The molecule has 0 bridgehead atoms. The molecular formula is C12H11BrFeO. The number of carbonyl (C=O) groups is 1. The van der Waals surface area contributed by atoms with Crippen LogP contribution in [0.4, 0.5) is 0 Å². The quantitative estimate of drug-likeness (QED) is 0.534. The fourth-order valence-corrected chi connectivity index (χ4v) is 105. The average Bonchev–Trinajstić information content (AvgIpc) is 3.11. The first kappa shape index (κ1) is 5.54. The van der Waals surface area contributed by atoms with Gasteiger partial charge in [-0.3, -0.25) is 0 Å². The average molecular weight is 307 g/mol. The Labute approximate surface area is 85.8 Å². The number of carbonyl (C=O) groups excluding carboxylic acids is 1. The zero-order valence-corrected chi connectivity index (χ0v) is 10.9. The van der Waals surface area contributed by atoms with Crippen LogP contribution in [0.25, 0.3) is 0 Å². The molecule has 0 aromatic heterocycles. The molecule has 0 aromatic rings.